The molecule has 4 nitrogen and oxygen atoms in total. The summed E-state index contributed by atoms with van der Waals surface area (Å²) in [5.41, 5.74) is 19.1. The van der Waals surface area contributed by atoms with Gasteiger partial charge < -0.3 is 19.1 Å². The number of hydrogen-bond donors (Lipinski definition) is 0. The Labute approximate surface area is 415 Å². The van der Waals surface area contributed by atoms with Crippen molar-refractivity contribution >= 4 is 73.1 Å². The molecule has 0 aliphatic carbocycles. The lowest BCUT2D eigenvalue weighted by Gasteiger charge is -2.33. The van der Waals surface area contributed by atoms with E-state index in [4.69, 9.17) is 4.42 Å². The summed E-state index contributed by atoms with van der Waals surface area (Å²) in [4.78, 5) is 7.12. The fraction of sp³-hybridized carbons (Fsp3) is 0.0149. The number of hydrogen-bond acceptors (Lipinski definition) is 4. The summed E-state index contributed by atoms with van der Waals surface area (Å²) in [6.07, 6.45) is 0. The number of rotatable bonds is 12. The van der Waals surface area contributed by atoms with Crippen molar-refractivity contribution in [2.45, 2.75) is 6.92 Å². The highest BCUT2D eigenvalue weighted by molar-refractivity contribution is 6.09. The van der Waals surface area contributed by atoms with E-state index in [-0.39, 0.29) is 0 Å². The van der Waals surface area contributed by atoms with Crippen LogP contribution in [0.25, 0.3) is 55.3 Å². The van der Waals surface area contributed by atoms with E-state index in [1.54, 1.807) is 0 Å². The first-order chi connectivity index (χ1) is 35.1. The number of para-hydroxylation sites is 4. The Morgan fingerprint density at radius 1 is 0.254 bits per heavy atom. The summed E-state index contributed by atoms with van der Waals surface area (Å²) in [5, 5.41) is 2.24. The molecule has 0 saturated heterocycles. The van der Waals surface area contributed by atoms with Gasteiger partial charge in [0.2, 0.25) is 0 Å². The van der Waals surface area contributed by atoms with E-state index in [0.717, 1.165) is 95.4 Å². The van der Waals surface area contributed by atoms with Crippen LogP contribution < -0.4 is 14.7 Å². The van der Waals surface area contributed by atoms with Crippen LogP contribution in [0.3, 0.4) is 0 Å². The second-order valence-electron chi connectivity index (χ2n) is 17.9. The van der Waals surface area contributed by atoms with Gasteiger partial charge in [0.15, 0.2) is 0 Å². The predicted octanol–water partition coefficient (Wildman–Crippen LogP) is 19.3. The van der Waals surface area contributed by atoms with Crippen molar-refractivity contribution in [2.75, 3.05) is 14.7 Å². The van der Waals surface area contributed by atoms with Crippen LogP contribution in [0.1, 0.15) is 5.56 Å². The second-order valence-corrected chi connectivity index (χ2v) is 17.9. The summed E-state index contributed by atoms with van der Waals surface area (Å²) < 4.78 is 6.52. The number of furan rings is 1. The molecule has 1 aromatic heterocycles. The van der Waals surface area contributed by atoms with Crippen molar-refractivity contribution < 1.29 is 4.42 Å². The zero-order chi connectivity index (χ0) is 47.5. The molecule has 0 saturated carbocycles. The molecule has 0 unspecified atom stereocenters. The van der Waals surface area contributed by atoms with Gasteiger partial charge in [-0.25, -0.2) is 0 Å². The van der Waals surface area contributed by atoms with Crippen LogP contribution in [0.5, 0.6) is 0 Å². The zero-order valence-corrected chi connectivity index (χ0v) is 39.3. The maximum atomic E-state index is 6.52. The Balaban J connectivity index is 1.06. The highest BCUT2D eigenvalue weighted by Crippen LogP contribution is 2.47. The van der Waals surface area contributed by atoms with Gasteiger partial charge in [-0.1, -0.05) is 182 Å². The van der Waals surface area contributed by atoms with Crippen LogP contribution in [-0.4, -0.2) is 0 Å². The monoisotopic (exact) mass is 911 g/mol. The molecule has 0 N–H and O–H groups in total. The van der Waals surface area contributed by atoms with Crippen LogP contribution in [0.2, 0.25) is 0 Å². The van der Waals surface area contributed by atoms with Crippen LogP contribution in [0, 0.1) is 6.92 Å². The van der Waals surface area contributed by atoms with E-state index in [9.17, 15) is 0 Å². The number of benzene rings is 11. The maximum absolute atomic E-state index is 6.52. The smallest absolute Gasteiger partial charge is 0.143 e. The highest BCUT2D eigenvalue weighted by atomic mass is 16.3. The van der Waals surface area contributed by atoms with Crippen molar-refractivity contribution in [2.24, 2.45) is 0 Å². The summed E-state index contributed by atoms with van der Waals surface area (Å²) in [5.74, 6) is 0. The van der Waals surface area contributed by atoms with Gasteiger partial charge in [0, 0.05) is 50.5 Å². The molecule has 0 amide bonds. The number of nitrogens with zero attached hydrogens (tertiary/aromatic N) is 3. The lowest BCUT2D eigenvalue weighted by molar-refractivity contribution is 0.670. The van der Waals surface area contributed by atoms with Crippen LogP contribution in [-0.2, 0) is 0 Å². The summed E-state index contributed by atoms with van der Waals surface area (Å²) in [6, 6.07) is 99.7. The minimum Gasteiger partial charge on any atom is -0.455 e. The SMILES string of the molecule is Cc1cccc(N(c2ccc(-c3cccc4c3oc3ccccc34)cc2)c2cc(N(c3ccccc3)c3ccc(-c4ccccc4)cc3)cc(N(c3ccccc3)c3ccc(-c4ccccc4)cc3)c2)c1. The molecule has 0 radical (unpaired) electrons. The van der Waals surface area contributed by atoms with Gasteiger partial charge in [0.05, 0.1) is 17.1 Å². The van der Waals surface area contributed by atoms with Crippen LogP contribution in [0.4, 0.5) is 51.2 Å². The Morgan fingerprint density at radius 3 is 1.11 bits per heavy atom. The van der Waals surface area contributed by atoms with Gasteiger partial charge in [-0.05, 0) is 137 Å². The van der Waals surface area contributed by atoms with Gasteiger partial charge in [0.25, 0.3) is 0 Å². The third-order valence-electron chi connectivity index (χ3n) is 13.3. The molecule has 0 spiro atoms. The maximum Gasteiger partial charge on any atom is 0.143 e. The van der Waals surface area contributed by atoms with E-state index in [1.165, 1.54) is 16.7 Å². The quantitative estimate of drug-likeness (QED) is 0.122. The zero-order valence-electron chi connectivity index (χ0n) is 39.3. The summed E-state index contributed by atoms with van der Waals surface area (Å²) in [7, 11) is 0. The first-order valence-electron chi connectivity index (χ1n) is 24.2. The lowest BCUT2D eigenvalue weighted by atomic mass is 10.0. The number of fused-ring (bicyclic) bond motifs is 3. The average Bonchev–Trinajstić information content (AvgIpc) is 3.82. The van der Waals surface area contributed by atoms with Crippen molar-refractivity contribution in [3.63, 3.8) is 0 Å². The van der Waals surface area contributed by atoms with Gasteiger partial charge in [0.1, 0.15) is 11.2 Å². The van der Waals surface area contributed by atoms with E-state index in [1.807, 2.05) is 12.1 Å². The highest BCUT2D eigenvalue weighted by Gasteiger charge is 2.23. The van der Waals surface area contributed by atoms with E-state index in [0.29, 0.717) is 0 Å². The lowest BCUT2D eigenvalue weighted by Crippen LogP contribution is -2.16. The normalized spacial score (nSPS) is 11.2. The van der Waals surface area contributed by atoms with Gasteiger partial charge in [-0.15, -0.1) is 0 Å². The molecule has 12 aromatic rings. The molecule has 0 aliphatic heterocycles. The summed E-state index contributed by atoms with van der Waals surface area (Å²) in [6.45, 7) is 2.16. The minimum atomic E-state index is 0.890. The van der Waals surface area contributed by atoms with Crippen molar-refractivity contribution in [1.29, 1.82) is 0 Å². The van der Waals surface area contributed by atoms with E-state index >= 15 is 0 Å². The predicted molar refractivity (Wildman–Crippen MR) is 299 cm³/mol. The van der Waals surface area contributed by atoms with Gasteiger partial charge in [-0.2, -0.15) is 0 Å². The molecule has 0 fully saturated rings. The van der Waals surface area contributed by atoms with Gasteiger partial charge >= 0.3 is 0 Å². The van der Waals surface area contributed by atoms with E-state index < -0.39 is 0 Å². The summed E-state index contributed by atoms with van der Waals surface area (Å²) >= 11 is 0. The molecular weight excluding hydrogens is 863 g/mol. The first kappa shape index (κ1) is 42.9. The first-order valence-corrected chi connectivity index (χ1v) is 24.2. The topological polar surface area (TPSA) is 22.9 Å². The molecule has 1 heterocycles. The minimum absolute atomic E-state index is 0.890. The molecule has 4 heteroatoms. The standard InChI is InChI=1S/C67H49N3O/c1-48-18-16-27-59(44-48)70(58-42-36-53(37-43-58)63-29-17-30-65-64-28-14-15-31-66(64)71-67(63)65)62-46-60(68(54-23-10-4-11-24-54)56-38-32-51(33-39-56)49-19-6-2-7-20-49)45-61(47-62)69(55-25-12-5-13-26-55)57-40-34-52(35-41-57)50-21-8-3-9-22-50/h2-47H,1H3. The van der Waals surface area contributed by atoms with Crippen molar-refractivity contribution in [3.8, 4) is 33.4 Å². The van der Waals surface area contributed by atoms with Crippen LogP contribution in [0.15, 0.2) is 283 Å². The molecule has 0 aliphatic rings. The molecule has 0 bridgehead atoms. The molecule has 71 heavy (non-hydrogen) atoms. The van der Waals surface area contributed by atoms with Crippen LogP contribution >= 0.6 is 0 Å². The Hall–Kier alpha value is -9.38. The van der Waals surface area contributed by atoms with Crippen molar-refractivity contribution in [3.05, 3.63) is 285 Å². The van der Waals surface area contributed by atoms with Gasteiger partial charge in [-0.3, -0.25) is 0 Å². The fourth-order valence-electron chi connectivity index (χ4n) is 9.86. The molecule has 0 atom stereocenters. The Morgan fingerprint density at radius 2 is 0.620 bits per heavy atom. The molecular formula is C67H49N3O. The van der Waals surface area contributed by atoms with Crippen molar-refractivity contribution in [1.82, 2.24) is 0 Å². The second kappa shape index (κ2) is 19.0. The Kier molecular flexibility index (Phi) is 11.5. The Bertz CT molecular complexity index is 3600. The molecule has 12 rings (SSSR count). The fourth-order valence-corrected chi connectivity index (χ4v) is 9.86. The largest absolute Gasteiger partial charge is 0.455 e. The molecule has 11 aromatic carbocycles. The number of anilines is 9. The average molecular weight is 912 g/mol. The molecule has 338 valence electrons. The third kappa shape index (κ3) is 8.60. The third-order valence-corrected chi connectivity index (χ3v) is 13.3. The number of aryl methyl sites for hydroxylation is 1. The van der Waals surface area contributed by atoms with E-state index in [2.05, 4.69) is 289 Å².